The highest BCUT2D eigenvalue weighted by molar-refractivity contribution is 7.87. The number of hydrogen-bond acceptors (Lipinski definition) is 3. The molecule has 1 fully saturated rings. The Morgan fingerprint density at radius 3 is 2.25 bits per heavy atom. The van der Waals surface area contributed by atoms with E-state index in [4.69, 9.17) is 11.1 Å². The van der Waals surface area contributed by atoms with Crippen LogP contribution in [0.15, 0.2) is 0 Å². The average Bonchev–Trinajstić information content (AvgIpc) is 2.50. The van der Waals surface area contributed by atoms with Crippen LogP contribution in [0.2, 0.25) is 0 Å². The molecule has 0 amide bonds. The zero-order valence-electron chi connectivity index (χ0n) is 9.71. The van der Waals surface area contributed by atoms with Crippen molar-refractivity contribution >= 4 is 16.0 Å². The van der Waals surface area contributed by atoms with Gasteiger partial charge in [-0.2, -0.15) is 17.9 Å². The fourth-order valence-corrected chi connectivity index (χ4v) is 3.51. The second-order valence-electron chi connectivity index (χ2n) is 4.58. The van der Waals surface area contributed by atoms with Crippen LogP contribution in [0.3, 0.4) is 0 Å². The molecule has 1 aliphatic rings. The highest BCUT2D eigenvalue weighted by Crippen LogP contribution is 2.29. The third-order valence-electron chi connectivity index (χ3n) is 2.69. The Morgan fingerprint density at radius 2 is 1.88 bits per heavy atom. The molecule has 0 aliphatic heterocycles. The molecular formula is C9H20N4O2S. The van der Waals surface area contributed by atoms with Crippen molar-refractivity contribution in [2.75, 3.05) is 0 Å². The first-order chi connectivity index (χ1) is 7.27. The van der Waals surface area contributed by atoms with Crippen molar-refractivity contribution in [2.45, 2.75) is 51.1 Å². The summed E-state index contributed by atoms with van der Waals surface area (Å²) in [6.45, 7) is 3.49. The highest BCUT2D eigenvalue weighted by Gasteiger charge is 2.40. The first-order valence-electron chi connectivity index (χ1n) is 5.43. The molecule has 0 heterocycles. The lowest BCUT2D eigenvalue weighted by molar-refractivity contribution is 0.484. The van der Waals surface area contributed by atoms with Crippen LogP contribution >= 0.6 is 0 Å². The number of amidine groups is 1. The Hall–Kier alpha value is -0.660. The summed E-state index contributed by atoms with van der Waals surface area (Å²) >= 11 is 0. The van der Waals surface area contributed by atoms with Crippen molar-refractivity contribution in [1.29, 1.82) is 5.41 Å². The monoisotopic (exact) mass is 248 g/mol. The predicted octanol–water partition coefficient (Wildman–Crippen LogP) is 0.0676. The van der Waals surface area contributed by atoms with Gasteiger partial charge in [-0.3, -0.25) is 5.41 Å². The molecule has 0 aromatic rings. The molecule has 5 N–H and O–H groups in total. The predicted molar refractivity (Wildman–Crippen MR) is 63.4 cm³/mol. The number of rotatable bonds is 5. The smallest absolute Gasteiger partial charge is 0.278 e. The Morgan fingerprint density at radius 1 is 1.38 bits per heavy atom. The Bertz CT molecular complexity index is 358. The molecule has 0 aromatic heterocycles. The fourth-order valence-electron chi connectivity index (χ4n) is 2.00. The molecule has 0 aromatic carbocycles. The van der Waals surface area contributed by atoms with Crippen molar-refractivity contribution in [3.63, 3.8) is 0 Å². The standard InChI is InChI=1S/C9H20N4O2S/c1-7(2)12-16(14,15)13-9(8(10)11)5-3-4-6-9/h7,12-13H,3-6H2,1-2H3,(H3,10,11). The molecule has 7 heteroatoms. The van der Waals surface area contributed by atoms with Crippen molar-refractivity contribution in [1.82, 2.24) is 9.44 Å². The van der Waals surface area contributed by atoms with Gasteiger partial charge in [-0.15, -0.1) is 0 Å². The molecule has 16 heavy (non-hydrogen) atoms. The number of nitrogens with two attached hydrogens (primary N) is 1. The molecule has 0 bridgehead atoms. The Balaban J connectivity index is 2.81. The summed E-state index contributed by atoms with van der Waals surface area (Å²) in [5, 5.41) is 7.53. The van der Waals surface area contributed by atoms with Crippen LogP contribution in [0, 0.1) is 5.41 Å². The van der Waals surface area contributed by atoms with Crippen LogP contribution in [0.5, 0.6) is 0 Å². The first-order valence-corrected chi connectivity index (χ1v) is 6.91. The maximum Gasteiger partial charge on any atom is 0.278 e. The lowest BCUT2D eigenvalue weighted by Gasteiger charge is -2.28. The maximum absolute atomic E-state index is 11.7. The van der Waals surface area contributed by atoms with E-state index in [1.807, 2.05) is 0 Å². The lowest BCUT2D eigenvalue weighted by atomic mass is 9.98. The van der Waals surface area contributed by atoms with Crippen molar-refractivity contribution in [2.24, 2.45) is 5.73 Å². The van der Waals surface area contributed by atoms with Gasteiger partial charge in [-0.25, -0.2) is 0 Å². The second-order valence-corrected chi connectivity index (χ2v) is 6.03. The zero-order valence-corrected chi connectivity index (χ0v) is 10.5. The van der Waals surface area contributed by atoms with Gasteiger partial charge in [0.15, 0.2) is 0 Å². The van der Waals surface area contributed by atoms with E-state index in [-0.39, 0.29) is 11.9 Å². The Kier molecular flexibility index (Phi) is 3.92. The van der Waals surface area contributed by atoms with Crippen LogP contribution < -0.4 is 15.2 Å². The average molecular weight is 248 g/mol. The number of hydrogen-bond donors (Lipinski definition) is 4. The first kappa shape index (κ1) is 13.4. The van der Waals surface area contributed by atoms with E-state index in [0.717, 1.165) is 12.8 Å². The molecule has 0 radical (unpaired) electrons. The third-order valence-corrected chi connectivity index (χ3v) is 4.13. The lowest BCUT2D eigenvalue weighted by Crippen LogP contribution is -2.58. The topological polar surface area (TPSA) is 108 Å². The van der Waals surface area contributed by atoms with E-state index in [1.54, 1.807) is 13.8 Å². The molecule has 0 unspecified atom stereocenters. The van der Waals surface area contributed by atoms with Gasteiger partial charge in [0.1, 0.15) is 5.84 Å². The summed E-state index contributed by atoms with van der Waals surface area (Å²) in [5.41, 5.74) is 4.63. The molecule has 1 rings (SSSR count). The largest absolute Gasteiger partial charge is 0.386 e. The molecule has 94 valence electrons. The van der Waals surface area contributed by atoms with E-state index < -0.39 is 15.7 Å². The van der Waals surface area contributed by atoms with E-state index in [1.165, 1.54) is 0 Å². The molecule has 0 atom stereocenters. The van der Waals surface area contributed by atoms with E-state index in [2.05, 4.69) is 9.44 Å². The van der Waals surface area contributed by atoms with Crippen molar-refractivity contribution < 1.29 is 8.42 Å². The molecule has 1 saturated carbocycles. The SMILES string of the molecule is CC(C)NS(=O)(=O)NC1(C(=N)N)CCCC1. The zero-order chi connectivity index (χ0) is 12.4. The van der Waals surface area contributed by atoms with Gasteiger partial charge < -0.3 is 5.73 Å². The highest BCUT2D eigenvalue weighted by atomic mass is 32.2. The van der Waals surface area contributed by atoms with Gasteiger partial charge >= 0.3 is 0 Å². The van der Waals surface area contributed by atoms with Crippen LogP contribution in [0.1, 0.15) is 39.5 Å². The van der Waals surface area contributed by atoms with Gasteiger partial charge in [0.25, 0.3) is 10.2 Å². The summed E-state index contributed by atoms with van der Waals surface area (Å²) in [7, 11) is -3.59. The van der Waals surface area contributed by atoms with Gasteiger partial charge in [0.05, 0.1) is 5.54 Å². The van der Waals surface area contributed by atoms with Crippen LogP contribution in [-0.2, 0) is 10.2 Å². The van der Waals surface area contributed by atoms with Crippen LogP contribution in [0.4, 0.5) is 0 Å². The van der Waals surface area contributed by atoms with Gasteiger partial charge in [0.2, 0.25) is 0 Å². The summed E-state index contributed by atoms with van der Waals surface area (Å²) in [5.74, 6) is -0.0980. The molecule has 6 nitrogen and oxygen atoms in total. The number of nitrogens with one attached hydrogen (secondary N) is 3. The van der Waals surface area contributed by atoms with Crippen molar-refractivity contribution in [3.05, 3.63) is 0 Å². The fraction of sp³-hybridized carbons (Fsp3) is 0.889. The summed E-state index contributed by atoms with van der Waals surface area (Å²) < 4.78 is 28.4. The summed E-state index contributed by atoms with van der Waals surface area (Å²) in [4.78, 5) is 0. The van der Waals surface area contributed by atoms with E-state index in [0.29, 0.717) is 12.8 Å². The third kappa shape index (κ3) is 3.16. The molecule has 0 saturated heterocycles. The minimum absolute atomic E-state index is 0.0980. The van der Waals surface area contributed by atoms with E-state index >= 15 is 0 Å². The van der Waals surface area contributed by atoms with Crippen molar-refractivity contribution in [3.8, 4) is 0 Å². The molecular weight excluding hydrogens is 228 g/mol. The van der Waals surface area contributed by atoms with Gasteiger partial charge in [-0.1, -0.05) is 12.8 Å². The normalized spacial score (nSPS) is 20.2. The molecule has 1 aliphatic carbocycles. The minimum atomic E-state index is -3.59. The quantitative estimate of drug-likeness (QED) is 0.408. The maximum atomic E-state index is 11.7. The van der Waals surface area contributed by atoms with Crippen LogP contribution in [-0.4, -0.2) is 25.8 Å². The Labute approximate surface area is 96.7 Å². The summed E-state index contributed by atoms with van der Waals surface area (Å²) in [6, 6.07) is -0.178. The van der Waals surface area contributed by atoms with Crippen LogP contribution in [0.25, 0.3) is 0 Å². The summed E-state index contributed by atoms with van der Waals surface area (Å²) in [6.07, 6.45) is 2.98. The second kappa shape index (κ2) is 4.68. The molecule has 0 spiro atoms. The van der Waals surface area contributed by atoms with Gasteiger partial charge in [0, 0.05) is 6.04 Å². The minimum Gasteiger partial charge on any atom is -0.386 e. The van der Waals surface area contributed by atoms with Gasteiger partial charge in [-0.05, 0) is 26.7 Å². The van der Waals surface area contributed by atoms with E-state index in [9.17, 15) is 8.42 Å².